The van der Waals surface area contributed by atoms with Crippen molar-refractivity contribution in [3.05, 3.63) is 35.9 Å². The summed E-state index contributed by atoms with van der Waals surface area (Å²) in [6.07, 6.45) is 0.690. The van der Waals surface area contributed by atoms with Gasteiger partial charge in [0.15, 0.2) is 5.96 Å². The molecule has 1 heterocycles. The maximum atomic E-state index is 11.6. The van der Waals surface area contributed by atoms with E-state index < -0.39 is 0 Å². The second kappa shape index (κ2) is 4.79. The topological polar surface area (TPSA) is 53.5 Å². The van der Waals surface area contributed by atoms with Crippen LogP contribution in [0.2, 0.25) is 0 Å². The van der Waals surface area contributed by atoms with Gasteiger partial charge in [-0.2, -0.15) is 0 Å². The van der Waals surface area contributed by atoms with E-state index in [9.17, 15) is 4.79 Å². The van der Waals surface area contributed by atoms with Gasteiger partial charge in [0.05, 0.1) is 0 Å². The maximum absolute atomic E-state index is 11.6. The van der Waals surface area contributed by atoms with Crippen LogP contribution in [0.3, 0.4) is 0 Å². The zero-order valence-electron chi connectivity index (χ0n) is 9.23. The summed E-state index contributed by atoms with van der Waals surface area (Å²) < 4.78 is 0. The molecule has 2 rings (SSSR count). The average Bonchev–Trinajstić information content (AvgIpc) is 2.61. The number of rotatable bonds is 3. The Labute approximate surface area is 94.8 Å². The van der Waals surface area contributed by atoms with Crippen molar-refractivity contribution < 1.29 is 4.79 Å². The number of nitrogens with zero attached hydrogens (tertiary/aromatic N) is 1. The molecule has 1 unspecified atom stereocenters. The van der Waals surface area contributed by atoms with E-state index in [0.717, 1.165) is 5.56 Å². The Morgan fingerprint density at radius 2 is 2.06 bits per heavy atom. The third-order valence-electron chi connectivity index (χ3n) is 2.47. The van der Waals surface area contributed by atoms with E-state index in [-0.39, 0.29) is 11.9 Å². The summed E-state index contributed by atoms with van der Waals surface area (Å²) in [4.78, 5) is 15.7. The van der Waals surface area contributed by atoms with Gasteiger partial charge in [0.25, 0.3) is 0 Å². The van der Waals surface area contributed by atoms with Gasteiger partial charge in [0.1, 0.15) is 6.04 Å². The van der Waals surface area contributed by atoms with Crippen LogP contribution in [0.25, 0.3) is 0 Å². The molecule has 0 aliphatic carbocycles. The predicted octanol–water partition coefficient (Wildman–Crippen LogP) is 0.693. The first-order chi connectivity index (χ1) is 7.79. The van der Waals surface area contributed by atoms with Gasteiger partial charge < -0.3 is 5.32 Å². The smallest absolute Gasteiger partial charge is 0.249 e. The molecule has 1 fully saturated rings. The van der Waals surface area contributed by atoms with Crippen molar-refractivity contribution in [3.63, 3.8) is 0 Å². The number of benzene rings is 1. The second-order valence-electron chi connectivity index (χ2n) is 3.70. The number of carbonyl (C=O) groups excluding carboxylic acids is 1. The fourth-order valence-electron chi connectivity index (χ4n) is 1.71. The lowest BCUT2D eigenvalue weighted by Crippen LogP contribution is -2.31. The van der Waals surface area contributed by atoms with Crippen LogP contribution in [0.1, 0.15) is 12.5 Å². The number of hydrogen-bond acceptors (Lipinski definition) is 2. The van der Waals surface area contributed by atoms with Crippen LogP contribution >= 0.6 is 0 Å². The largest absolute Gasteiger partial charge is 0.344 e. The highest BCUT2D eigenvalue weighted by atomic mass is 16.2. The molecule has 1 atom stereocenters. The minimum atomic E-state index is -0.201. The number of aliphatic imine (C=N–C) groups is 1. The van der Waals surface area contributed by atoms with Crippen LogP contribution in [0.5, 0.6) is 0 Å². The van der Waals surface area contributed by atoms with Crippen LogP contribution in [0, 0.1) is 0 Å². The van der Waals surface area contributed by atoms with E-state index in [1.807, 2.05) is 37.3 Å². The fraction of sp³-hybridized carbons (Fsp3) is 0.333. The van der Waals surface area contributed by atoms with Crippen molar-refractivity contribution in [2.24, 2.45) is 4.99 Å². The van der Waals surface area contributed by atoms with Crippen molar-refractivity contribution in [3.8, 4) is 0 Å². The molecular formula is C12H15N3O. The zero-order valence-corrected chi connectivity index (χ0v) is 9.23. The number of carbonyl (C=O) groups is 1. The lowest BCUT2D eigenvalue weighted by molar-refractivity contribution is -0.120. The van der Waals surface area contributed by atoms with Gasteiger partial charge in [-0.05, 0) is 12.5 Å². The van der Waals surface area contributed by atoms with E-state index in [2.05, 4.69) is 15.6 Å². The van der Waals surface area contributed by atoms with Crippen molar-refractivity contribution >= 4 is 11.9 Å². The molecule has 1 saturated heterocycles. The molecule has 0 aromatic heterocycles. The normalized spacial score (nSPS) is 21.9. The number of hydrogen-bond donors (Lipinski definition) is 2. The van der Waals surface area contributed by atoms with Crippen LogP contribution in [0.15, 0.2) is 35.3 Å². The van der Waals surface area contributed by atoms with Gasteiger partial charge in [-0.1, -0.05) is 30.3 Å². The maximum Gasteiger partial charge on any atom is 0.249 e. The molecule has 4 nitrogen and oxygen atoms in total. The van der Waals surface area contributed by atoms with E-state index >= 15 is 0 Å². The SMILES string of the molecule is CCN=C1NC(=O)C(Cc2ccccc2)N1. The summed E-state index contributed by atoms with van der Waals surface area (Å²) in [5.74, 6) is 0.587. The van der Waals surface area contributed by atoms with Crippen molar-refractivity contribution in [1.29, 1.82) is 0 Å². The number of amides is 1. The van der Waals surface area contributed by atoms with Crippen molar-refractivity contribution in [1.82, 2.24) is 10.6 Å². The number of nitrogens with one attached hydrogen (secondary N) is 2. The van der Waals surface area contributed by atoms with Gasteiger partial charge >= 0.3 is 0 Å². The first kappa shape index (κ1) is 10.7. The van der Waals surface area contributed by atoms with Gasteiger partial charge in [-0.25, -0.2) is 0 Å². The molecule has 4 heteroatoms. The van der Waals surface area contributed by atoms with Crippen LogP contribution in [-0.4, -0.2) is 24.5 Å². The first-order valence-corrected chi connectivity index (χ1v) is 5.45. The average molecular weight is 217 g/mol. The lowest BCUT2D eigenvalue weighted by atomic mass is 10.1. The van der Waals surface area contributed by atoms with Gasteiger partial charge in [0.2, 0.25) is 5.91 Å². The molecule has 0 saturated carbocycles. The Balaban J connectivity index is 2.02. The summed E-state index contributed by atoms with van der Waals surface area (Å²) in [5, 5.41) is 5.80. The minimum absolute atomic E-state index is 0.00365. The summed E-state index contributed by atoms with van der Waals surface area (Å²) in [6.45, 7) is 2.60. The van der Waals surface area contributed by atoms with Gasteiger partial charge in [-0.15, -0.1) is 0 Å². The molecule has 1 aromatic rings. The van der Waals surface area contributed by atoms with Crippen molar-refractivity contribution in [2.45, 2.75) is 19.4 Å². The monoisotopic (exact) mass is 217 g/mol. The van der Waals surface area contributed by atoms with E-state index in [1.54, 1.807) is 0 Å². The van der Waals surface area contributed by atoms with E-state index in [4.69, 9.17) is 0 Å². The minimum Gasteiger partial charge on any atom is -0.344 e. The Morgan fingerprint density at radius 3 is 2.75 bits per heavy atom. The molecule has 16 heavy (non-hydrogen) atoms. The summed E-state index contributed by atoms with van der Waals surface area (Å²) in [7, 11) is 0. The zero-order chi connectivity index (χ0) is 11.4. The summed E-state index contributed by atoms with van der Waals surface area (Å²) in [5.41, 5.74) is 1.15. The van der Waals surface area contributed by atoms with Gasteiger partial charge in [-0.3, -0.25) is 15.1 Å². The quantitative estimate of drug-likeness (QED) is 0.782. The fourth-order valence-corrected chi connectivity index (χ4v) is 1.71. The molecule has 1 aliphatic heterocycles. The molecule has 1 aliphatic rings. The van der Waals surface area contributed by atoms with Crippen LogP contribution in [0.4, 0.5) is 0 Å². The van der Waals surface area contributed by atoms with E-state index in [0.29, 0.717) is 18.9 Å². The molecule has 1 amide bonds. The van der Waals surface area contributed by atoms with Gasteiger partial charge in [0, 0.05) is 13.0 Å². The Morgan fingerprint density at radius 1 is 1.31 bits per heavy atom. The molecule has 2 N–H and O–H groups in total. The highest BCUT2D eigenvalue weighted by Gasteiger charge is 2.27. The molecule has 0 radical (unpaired) electrons. The first-order valence-electron chi connectivity index (χ1n) is 5.45. The Kier molecular flexibility index (Phi) is 3.19. The lowest BCUT2D eigenvalue weighted by Gasteiger charge is -2.07. The number of guanidine groups is 1. The summed E-state index contributed by atoms with van der Waals surface area (Å²) >= 11 is 0. The predicted molar refractivity (Wildman–Crippen MR) is 63.2 cm³/mol. The van der Waals surface area contributed by atoms with E-state index in [1.165, 1.54) is 0 Å². The molecule has 84 valence electrons. The second-order valence-corrected chi connectivity index (χ2v) is 3.70. The van der Waals surface area contributed by atoms with Crippen LogP contribution in [-0.2, 0) is 11.2 Å². The molecule has 0 bridgehead atoms. The standard InChI is InChI=1S/C12H15N3O/c1-2-13-12-14-10(11(16)15-12)8-9-6-4-3-5-7-9/h3-7,10H,2,8H2,1H3,(H2,13,14,15,16). The van der Waals surface area contributed by atoms with Crippen LogP contribution < -0.4 is 10.6 Å². The Bertz CT molecular complexity index is 400. The molecular weight excluding hydrogens is 202 g/mol. The highest BCUT2D eigenvalue weighted by Crippen LogP contribution is 2.05. The highest BCUT2D eigenvalue weighted by molar-refractivity contribution is 6.06. The third kappa shape index (κ3) is 2.39. The Hall–Kier alpha value is -1.84. The van der Waals surface area contributed by atoms with Crippen molar-refractivity contribution in [2.75, 3.05) is 6.54 Å². The summed E-state index contributed by atoms with van der Waals surface area (Å²) in [6, 6.07) is 9.75. The molecule has 0 spiro atoms. The molecule has 1 aromatic carbocycles. The third-order valence-corrected chi connectivity index (χ3v) is 2.47.